The van der Waals surface area contributed by atoms with Crippen molar-refractivity contribution in [2.24, 2.45) is 0 Å². The van der Waals surface area contributed by atoms with E-state index in [1.807, 2.05) is 0 Å². The molecule has 0 heterocycles. The van der Waals surface area contributed by atoms with Crippen LogP contribution in [0.4, 0.5) is 0 Å². The molecule has 0 amide bonds. The molecule has 0 aliphatic carbocycles. The van der Waals surface area contributed by atoms with Crippen LogP contribution in [-0.2, 0) is 0 Å². The Morgan fingerprint density at radius 2 is 1.70 bits per heavy atom. The van der Waals surface area contributed by atoms with Crippen molar-refractivity contribution in [3.8, 4) is 0 Å². The molecule has 0 rings (SSSR count). The zero-order valence-corrected chi connectivity index (χ0v) is 10.2. The van der Waals surface area contributed by atoms with Crippen molar-refractivity contribution in [2.75, 3.05) is 7.05 Å². The summed E-state index contributed by atoms with van der Waals surface area (Å²) in [5.41, 5.74) is 0. The maximum absolute atomic E-state index is 2.65. The summed E-state index contributed by atoms with van der Waals surface area (Å²) in [6.45, 7) is 12.0. The lowest BCUT2D eigenvalue weighted by molar-refractivity contribution is 0.770. The maximum atomic E-state index is 2.65. The third-order valence-corrected chi connectivity index (χ3v) is 10.5. The zero-order chi connectivity index (χ0) is 8.36. The highest BCUT2D eigenvalue weighted by Crippen LogP contribution is 2.13. The van der Waals surface area contributed by atoms with Crippen molar-refractivity contribution < 1.29 is 0 Å². The molecular formula is C7H20NSi2. The summed E-state index contributed by atoms with van der Waals surface area (Å²) in [4.78, 5) is 0. The highest BCUT2D eigenvalue weighted by Gasteiger charge is 2.25. The molecule has 0 bridgehead atoms. The first-order chi connectivity index (χ1) is 4.41. The van der Waals surface area contributed by atoms with Gasteiger partial charge in [-0.05, 0) is 13.1 Å². The Labute approximate surface area is 68.2 Å². The Kier molecular flexibility index (Phi) is 3.83. The van der Waals surface area contributed by atoms with Crippen molar-refractivity contribution in [2.45, 2.75) is 39.2 Å². The number of nitrogens with zero attached hydrogens (tertiary/aromatic N) is 1. The quantitative estimate of drug-likeness (QED) is 0.594. The van der Waals surface area contributed by atoms with Crippen LogP contribution in [0.1, 0.15) is 6.92 Å². The van der Waals surface area contributed by atoms with Crippen LogP contribution in [0.5, 0.6) is 0 Å². The molecule has 0 unspecified atom stereocenters. The molecule has 0 fully saturated rings. The van der Waals surface area contributed by atoms with E-state index < -0.39 is 8.24 Å². The molecule has 0 aliphatic heterocycles. The first kappa shape index (κ1) is 10.4. The second kappa shape index (κ2) is 3.69. The highest BCUT2D eigenvalue weighted by molar-refractivity contribution is 6.83. The molecule has 0 aromatic carbocycles. The summed E-state index contributed by atoms with van der Waals surface area (Å²) in [7, 11) is 1.14. The summed E-state index contributed by atoms with van der Waals surface area (Å²) >= 11 is 0. The van der Waals surface area contributed by atoms with Gasteiger partial charge >= 0.3 is 0 Å². The summed E-state index contributed by atoms with van der Waals surface area (Å²) in [5, 5.41) is 0. The van der Waals surface area contributed by atoms with Gasteiger partial charge in [-0.2, -0.15) is 0 Å². The Bertz CT molecular complexity index is 102. The van der Waals surface area contributed by atoms with Crippen LogP contribution in [-0.4, -0.2) is 28.5 Å². The standard InChI is InChI=1S/C7H20NSi2/c1-7-10(5,6)8(2)9(3)4/h7H2,1-6H3. The van der Waals surface area contributed by atoms with E-state index >= 15 is 0 Å². The van der Waals surface area contributed by atoms with Crippen LogP contribution >= 0.6 is 0 Å². The van der Waals surface area contributed by atoms with Crippen LogP contribution < -0.4 is 0 Å². The van der Waals surface area contributed by atoms with Crippen LogP contribution in [0.15, 0.2) is 0 Å². The number of hydrogen-bond donors (Lipinski definition) is 0. The average Bonchev–Trinajstić information content (AvgIpc) is 1.86. The van der Waals surface area contributed by atoms with Gasteiger partial charge in [0.2, 0.25) is 0 Å². The molecule has 3 heteroatoms. The molecule has 0 aliphatic rings. The minimum atomic E-state index is -0.965. The Morgan fingerprint density at radius 3 is 1.80 bits per heavy atom. The van der Waals surface area contributed by atoms with Gasteiger partial charge in [0.05, 0.1) is 0 Å². The Morgan fingerprint density at radius 1 is 1.30 bits per heavy atom. The monoisotopic (exact) mass is 174 g/mol. The fourth-order valence-electron chi connectivity index (χ4n) is 0.842. The van der Waals surface area contributed by atoms with E-state index in [1.165, 1.54) is 6.04 Å². The van der Waals surface area contributed by atoms with Crippen molar-refractivity contribution in [1.29, 1.82) is 0 Å². The molecule has 0 atom stereocenters. The van der Waals surface area contributed by atoms with E-state index in [1.54, 1.807) is 0 Å². The minimum Gasteiger partial charge on any atom is -0.349 e. The molecule has 0 saturated carbocycles. The molecule has 0 N–H and O–H groups in total. The first-order valence-corrected chi connectivity index (χ1v) is 9.56. The smallest absolute Gasteiger partial charge is 0.122 e. The summed E-state index contributed by atoms with van der Waals surface area (Å²) in [6.07, 6.45) is 0. The van der Waals surface area contributed by atoms with E-state index in [0.29, 0.717) is 0 Å². The Hall–Kier alpha value is 0.394. The van der Waals surface area contributed by atoms with E-state index in [2.05, 4.69) is 44.4 Å². The number of rotatable bonds is 3. The van der Waals surface area contributed by atoms with Crippen molar-refractivity contribution in [1.82, 2.24) is 4.23 Å². The predicted molar refractivity (Wildman–Crippen MR) is 53.2 cm³/mol. The fraction of sp³-hybridized carbons (Fsp3) is 1.00. The molecule has 0 spiro atoms. The molecule has 1 radical (unpaired) electrons. The van der Waals surface area contributed by atoms with Gasteiger partial charge in [-0.3, -0.25) is 0 Å². The molecule has 1 nitrogen and oxygen atoms in total. The van der Waals surface area contributed by atoms with E-state index in [9.17, 15) is 0 Å². The molecule has 0 aromatic heterocycles. The lowest BCUT2D eigenvalue weighted by Crippen LogP contribution is -2.51. The lowest BCUT2D eigenvalue weighted by Gasteiger charge is -2.35. The highest BCUT2D eigenvalue weighted by atomic mass is 28.4. The second-order valence-electron chi connectivity index (χ2n) is 3.67. The minimum absolute atomic E-state index is 0.186. The van der Waals surface area contributed by atoms with E-state index in [0.717, 1.165) is 0 Å². The number of hydrogen-bond acceptors (Lipinski definition) is 1. The van der Waals surface area contributed by atoms with E-state index in [4.69, 9.17) is 0 Å². The molecule has 10 heavy (non-hydrogen) atoms. The van der Waals surface area contributed by atoms with Gasteiger partial charge in [-0.25, -0.2) is 0 Å². The van der Waals surface area contributed by atoms with E-state index in [-0.39, 0.29) is 8.96 Å². The zero-order valence-electron chi connectivity index (χ0n) is 8.15. The fourth-order valence-corrected chi connectivity index (χ4v) is 6.63. The Balaban J connectivity index is 4.03. The molecule has 0 saturated heterocycles. The third kappa shape index (κ3) is 2.56. The van der Waals surface area contributed by atoms with Crippen molar-refractivity contribution >= 4 is 17.2 Å². The molecule has 0 aromatic rings. The average molecular weight is 174 g/mol. The van der Waals surface area contributed by atoms with Gasteiger partial charge in [0.25, 0.3) is 0 Å². The summed E-state index contributed by atoms with van der Waals surface area (Å²) in [5.74, 6) is 0. The van der Waals surface area contributed by atoms with Gasteiger partial charge in [0, 0.05) is 0 Å². The van der Waals surface area contributed by atoms with Gasteiger partial charge in [-0.1, -0.05) is 33.1 Å². The summed E-state index contributed by atoms with van der Waals surface area (Å²) in [6, 6.07) is 1.37. The van der Waals surface area contributed by atoms with Gasteiger partial charge < -0.3 is 4.23 Å². The van der Waals surface area contributed by atoms with Crippen LogP contribution in [0.3, 0.4) is 0 Å². The SMILES string of the molecule is CC[Si](C)(C)N(C)[Si](C)C. The largest absolute Gasteiger partial charge is 0.349 e. The van der Waals surface area contributed by atoms with Crippen molar-refractivity contribution in [3.05, 3.63) is 0 Å². The van der Waals surface area contributed by atoms with Crippen LogP contribution in [0.25, 0.3) is 0 Å². The lowest BCUT2D eigenvalue weighted by atomic mass is 11.0. The van der Waals surface area contributed by atoms with Gasteiger partial charge in [0.15, 0.2) is 0 Å². The normalized spacial score (nSPS) is 13.2. The van der Waals surface area contributed by atoms with Crippen LogP contribution in [0.2, 0.25) is 32.2 Å². The summed E-state index contributed by atoms with van der Waals surface area (Å²) < 4.78 is 2.65. The third-order valence-electron chi connectivity index (χ3n) is 2.44. The predicted octanol–water partition coefficient (Wildman–Crippen LogP) is 2.39. The second-order valence-corrected chi connectivity index (χ2v) is 11.7. The van der Waals surface area contributed by atoms with Gasteiger partial charge in [-0.15, -0.1) is 0 Å². The van der Waals surface area contributed by atoms with Crippen LogP contribution in [0, 0.1) is 0 Å². The topological polar surface area (TPSA) is 3.24 Å². The maximum Gasteiger partial charge on any atom is 0.122 e. The molecular weight excluding hydrogens is 154 g/mol. The van der Waals surface area contributed by atoms with Gasteiger partial charge in [0.1, 0.15) is 17.2 Å². The first-order valence-electron chi connectivity index (χ1n) is 3.96. The molecule has 61 valence electrons. The van der Waals surface area contributed by atoms with Crippen molar-refractivity contribution in [3.63, 3.8) is 0 Å².